The molecule has 0 aliphatic heterocycles. The summed E-state index contributed by atoms with van der Waals surface area (Å²) in [6.07, 6.45) is 2.45. The second-order valence-electron chi connectivity index (χ2n) is 6.41. The Morgan fingerprint density at radius 1 is 0.786 bits per heavy atom. The van der Waals surface area contributed by atoms with E-state index in [0.717, 1.165) is 6.42 Å². The van der Waals surface area contributed by atoms with Gasteiger partial charge >= 0.3 is 0 Å². The predicted molar refractivity (Wildman–Crippen MR) is 71.6 cm³/mol. The largest absolute Gasteiger partial charge is 0.396 e. The monoisotopic (exact) mass is 232 g/mol. The van der Waals surface area contributed by atoms with Crippen molar-refractivity contribution in [3.63, 3.8) is 0 Å². The lowest BCUT2D eigenvalue weighted by Crippen LogP contribution is -2.27. The molecule has 0 saturated heterocycles. The van der Waals surface area contributed by atoms with Crippen molar-refractivity contribution in [2.45, 2.75) is 63.7 Å². The third kappa shape index (κ3) is 8.97. The van der Waals surface area contributed by atoms with Crippen molar-refractivity contribution in [3.8, 4) is 0 Å². The summed E-state index contributed by atoms with van der Waals surface area (Å²) in [6, 6.07) is 4.23. The van der Waals surface area contributed by atoms with Crippen LogP contribution in [0.4, 0.5) is 0 Å². The summed E-state index contributed by atoms with van der Waals surface area (Å²) >= 11 is 0. The first-order valence-corrected chi connectivity index (χ1v) is 13.0. The lowest BCUT2D eigenvalue weighted by molar-refractivity contribution is 0.294. The van der Waals surface area contributed by atoms with Gasteiger partial charge in [-0.15, -0.1) is 0 Å². The molecule has 86 valence electrons. The third-order valence-electron chi connectivity index (χ3n) is 2.79. The highest BCUT2D eigenvalue weighted by Crippen LogP contribution is 2.23. The van der Waals surface area contributed by atoms with Crippen molar-refractivity contribution in [1.82, 2.24) is 0 Å². The number of hydrogen-bond acceptors (Lipinski definition) is 1. The van der Waals surface area contributed by atoms with Crippen LogP contribution < -0.4 is 0 Å². The zero-order valence-electron chi connectivity index (χ0n) is 10.7. The van der Waals surface area contributed by atoms with E-state index in [1.807, 2.05) is 0 Å². The fraction of sp³-hybridized carbons (Fsp3) is 1.00. The second-order valence-corrected chi connectivity index (χ2v) is 17.4. The Balaban J connectivity index is 3.65. The highest BCUT2D eigenvalue weighted by Gasteiger charge is 2.21. The highest BCUT2D eigenvalue weighted by atomic mass is 28.3. The molecule has 3 heteroatoms. The Bertz CT molecular complexity index is 150. The van der Waals surface area contributed by atoms with E-state index in [1.54, 1.807) is 0 Å². The summed E-state index contributed by atoms with van der Waals surface area (Å²) in [5, 5.41) is 8.81. The minimum atomic E-state index is -0.962. The zero-order chi connectivity index (χ0) is 11.2. The average molecular weight is 233 g/mol. The summed E-state index contributed by atoms with van der Waals surface area (Å²) < 4.78 is 0. The molecule has 0 spiro atoms. The molecule has 0 aliphatic rings. The minimum absolute atomic E-state index is 0.379. The molecule has 0 aromatic rings. The normalized spacial score (nSPS) is 13.3. The molecule has 0 bridgehead atoms. The molecule has 0 radical (unpaired) electrons. The van der Waals surface area contributed by atoms with Crippen molar-refractivity contribution in [3.05, 3.63) is 0 Å². The molecule has 0 aromatic heterocycles. The Kier molecular flexibility index (Phi) is 6.25. The van der Waals surface area contributed by atoms with Gasteiger partial charge < -0.3 is 5.11 Å². The number of aliphatic hydroxyl groups is 1. The van der Waals surface area contributed by atoms with E-state index in [-0.39, 0.29) is 0 Å². The Hall–Kier alpha value is 0.394. The van der Waals surface area contributed by atoms with Crippen molar-refractivity contribution in [2.24, 2.45) is 0 Å². The molecule has 0 atom stereocenters. The minimum Gasteiger partial charge on any atom is -0.396 e. The first kappa shape index (κ1) is 14.4. The predicted octanol–water partition coefficient (Wildman–Crippen LogP) is 3.81. The van der Waals surface area contributed by atoms with Crippen molar-refractivity contribution in [2.75, 3.05) is 6.61 Å². The van der Waals surface area contributed by atoms with Gasteiger partial charge in [-0.05, 0) is 6.42 Å². The van der Waals surface area contributed by atoms with Gasteiger partial charge in [-0.3, -0.25) is 0 Å². The van der Waals surface area contributed by atoms with Gasteiger partial charge in [0.1, 0.15) is 0 Å². The topological polar surface area (TPSA) is 20.2 Å². The van der Waals surface area contributed by atoms with E-state index >= 15 is 0 Å². The molecule has 0 unspecified atom stereocenters. The second kappa shape index (κ2) is 6.08. The fourth-order valence-electron chi connectivity index (χ4n) is 1.78. The van der Waals surface area contributed by atoms with Crippen LogP contribution in [-0.4, -0.2) is 27.9 Å². The molecule has 0 aromatic carbocycles. The van der Waals surface area contributed by atoms with Crippen LogP contribution in [0.5, 0.6) is 0 Å². The van der Waals surface area contributed by atoms with Gasteiger partial charge in [0.25, 0.3) is 0 Å². The van der Waals surface area contributed by atoms with Gasteiger partial charge in [-0.1, -0.05) is 57.3 Å². The quantitative estimate of drug-likeness (QED) is 0.662. The maximum absolute atomic E-state index is 8.81. The lowest BCUT2D eigenvalue weighted by atomic mass is 10.5. The van der Waals surface area contributed by atoms with E-state index in [4.69, 9.17) is 5.11 Å². The zero-order valence-corrected chi connectivity index (χ0v) is 12.7. The fourth-order valence-corrected chi connectivity index (χ4v) is 5.87. The van der Waals surface area contributed by atoms with Crippen LogP contribution >= 0.6 is 0 Å². The molecule has 0 rings (SSSR count). The molecule has 1 nitrogen and oxygen atoms in total. The van der Waals surface area contributed by atoms with Crippen LogP contribution in [0.2, 0.25) is 50.9 Å². The summed E-state index contributed by atoms with van der Waals surface area (Å²) in [5.41, 5.74) is 0. The molecule has 0 amide bonds. The number of hydrogen-bond donors (Lipinski definition) is 1. The summed E-state index contributed by atoms with van der Waals surface area (Å²) in [7, 11) is -1.78. The molecular formula is C11H28OSi2. The molecular weight excluding hydrogens is 204 g/mol. The summed E-state index contributed by atoms with van der Waals surface area (Å²) in [4.78, 5) is 0. The van der Waals surface area contributed by atoms with Gasteiger partial charge in [-0.2, -0.15) is 0 Å². The summed E-state index contributed by atoms with van der Waals surface area (Å²) in [5.74, 6) is 0. The van der Waals surface area contributed by atoms with Crippen LogP contribution in [0.15, 0.2) is 0 Å². The first-order valence-electron chi connectivity index (χ1n) is 5.88. The number of aliphatic hydroxyl groups excluding tert-OH is 1. The maximum Gasteiger partial charge on any atom is 0.0474 e. The van der Waals surface area contributed by atoms with E-state index in [9.17, 15) is 0 Å². The van der Waals surface area contributed by atoms with Crippen LogP contribution in [0.3, 0.4) is 0 Å². The molecule has 1 N–H and O–H groups in total. The van der Waals surface area contributed by atoms with Gasteiger partial charge in [0.05, 0.1) is 0 Å². The van der Waals surface area contributed by atoms with Gasteiger partial charge in [0.15, 0.2) is 0 Å². The van der Waals surface area contributed by atoms with E-state index in [0.29, 0.717) is 6.61 Å². The smallest absolute Gasteiger partial charge is 0.0474 e. The van der Waals surface area contributed by atoms with Crippen molar-refractivity contribution < 1.29 is 5.11 Å². The molecule has 0 saturated carbocycles. The van der Waals surface area contributed by atoms with Crippen molar-refractivity contribution >= 4 is 16.1 Å². The van der Waals surface area contributed by atoms with Gasteiger partial charge in [0.2, 0.25) is 0 Å². The SMILES string of the molecule is C[Si](C)(C)CCC[Si](C)(C)CCCO. The average Bonchev–Trinajstić information content (AvgIpc) is 1.98. The van der Waals surface area contributed by atoms with Gasteiger partial charge in [0, 0.05) is 22.8 Å². The summed E-state index contributed by atoms with van der Waals surface area (Å²) in [6.45, 7) is 12.7. The molecule has 0 fully saturated rings. The van der Waals surface area contributed by atoms with E-state index in [2.05, 4.69) is 32.7 Å². The maximum atomic E-state index is 8.81. The van der Waals surface area contributed by atoms with Crippen LogP contribution in [0.25, 0.3) is 0 Å². The van der Waals surface area contributed by atoms with Crippen LogP contribution in [0, 0.1) is 0 Å². The molecule has 0 heterocycles. The third-order valence-corrected chi connectivity index (χ3v) is 8.06. The Morgan fingerprint density at radius 2 is 1.29 bits per heavy atom. The van der Waals surface area contributed by atoms with E-state index < -0.39 is 16.1 Å². The Morgan fingerprint density at radius 3 is 1.71 bits per heavy atom. The van der Waals surface area contributed by atoms with Crippen LogP contribution in [0.1, 0.15) is 12.8 Å². The standard InChI is InChI=1S/C11H28OSi2/c1-13(2,3)9-7-11-14(4,5)10-6-8-12/h12H,6-11H2,1-5H3. The highest BCUT2D eigenvalue weighted by molar-refractivity contribution is 6.78. The van der Waals surface area contributed by atoms with Crippen LogP contribution in [-0.2, 0) is 0 Å². The molecule has 0 aliphatic carbocycles. The molecule has 14 heavy (non-hydrogen) atoms. The lowest BCUT2D eigenvalue weighted by Gasteiger charge is -2.24. The first-order chi connectivity index (χ1) is 6.27. The number of rotatable bonds is 7. The Labute approximate surface area is 91.9 Å². The van der Waals surface area contributed by atoms with Gasteiger partial charge in [-0.25, -0.2) is 0 Å². The van der Waals surface area contributed by atoms with Crippen molar-refractivity contribution in [1.29, 1.82) is 0 Å². The van der Waals surface area contributed by atoms with E-state index in [1.165, 1.54) is 24.6 Å².